The van der Waals surface area contributed by atoms with E-state index in [4.69, 9.17) is 9.84 Å². The maximum Gasteiger partial charge on any atom is 0.430 e. The van der Waals surface area contributed by atoms with Gasteiger partial charge in [0.05, 0.1) is 5.57 Å². The van der Waals surface area contributed by atoms with Crippen LogP contribution in [0.4, 0.5) is 17.6 Å². The average Bonchev–Trinajstić information content (AvgIpc) is 2.53. The van der Waals surface area contributed by atoms with Crippen molar-refractivity contribution in [2.24, 2.45) is 0 Å². The highest BCUT2D eigenvalue weighted by Gasteiger charge is 2.48. The first-order valence-corrected chi connectivity index (χ1v) is 6.84. The van der Waals surface area contributed by atoms with E-state index < -0.39 is 29.6 Å². The number of fused-ring (bicyclic) bond motifs is 1. The van der Waals surface area contributed by atoms with Gasteiger partial charge in [-0.15, -0.1) is 0 Å². The second-order valence-electron chi connectivity index (χ2n) is 5.20. The van der Waals surface area contributed by atoms with E-state index in [0.717, 1.165) is 6.08 Å². The van der Waals surface area contributed by atoms with E-state index in [2.05, 4.69) is 0 Å². The summed E-state index contributed by atoms with van der Waals surface area (Å²) < 4.78 is 56.7. The number of hydrogen-bond acceptors (Lipinski definition) is 2. The normalized spacial score (nSPS) is 16.8. The maximum absolute atomic E-state index is 13.0. The van der Waals surface area contributed by atoms with Crippen LogP contribution in [0.3, 0.4) is 0 Å². The largest absolute Gasteiger partial charge is 0.478 e. The Morgan fingerprint density at radius 3 is 2.25 bits per heavy atom. The molecule has 1 aliphatic heterocycles. The molecule has 0 amide bonds. The molecule has 1 N–H and O–H groups in total. The number of halogens is 4. The Kier molecular flexibility index (Phi) is 3.79. The van der Waals surface area contributed by atoms with Gasteiger partial charge in [-0.2, -0.15) is 13.2 Å². The van der Waals surface area contributed by atoms with Crippen LogP contribution in [0.15, 0.2) is 48.0 Å². The quantitative estimate of drug-likeness (QED) is 0.831. The van der Waals surface area contributed by atoms with Gasteiger partial charge in [0, 0.05) is 5.56 Å². The molecule has 7 heteroatoms. The average molecular weight is 338 g/mol. The predicted octanol–water partition coefficient (Wildman–Crippen LogP) is 4.28. The minimum Gasteiger partial charge on any atom is -0.478 e. The smallest absolute Gasteiger partial charge is 0.430 e. The van der Waals surface area contributed by atoms with Crippen molar-refractivity contribution in [3.63, 3.8) is 0 Å². The van der Waals surface area contributed by atoms with Crippen LogP contribution < -0.4 is 4.74 Å². The summed E-state index contributed by atoms with van der Waals surface area (Å²) in [5.41, 5.74) is 0.576. The van der Waals surface area contributed by atoms with Crippen molar-refractivity contribution in [2.45, 2.75) is 12.3 Å². The first kappa shape index (κ1) is 16.0. The van der Waals surface area contributed by atoms with E-state index in [1.54, 1.807) is 0 Å². The molecule has 0 saturated carbocycles. The van der Waals surface area contributed by atoms with E-state index in [1.165, 1.54) is 42.5 Å². The molecule has 1 aliphatic rings. The van der Waals surface area contributed by atoms with Gasteiger partial charge in [0.1, 0.15) is 11.6 Å². The highest BCUT2D eigenvalue weighted by molar-refractivity contribution is 5.95. The van der Waals surface area contributed by atoms with Crippen LogP contribution in [-0.4, -0.2) is 23.4 Å². The molecule has 0 aliphatic carbocycles. The van der Waals surface area contributed by atoms with Crippen molar-refractivity contribution in [2.75, 3.05) is 0 Å². The monoisotopic (exact) mass is 338 g/mol. The Morgan fingerprint density at radius 1 is 1.04 bits per heavy atom. The van der Waals surface area contributed by atoms with Gasteiger partial charge in [-0.25, -0.2) is 9.18 Å². The summed E-state index contributed by atoms with van der Waals surface area (Å²) in [7, 11) is 0. The summed E-state index contributed by atoms with van der Waals surface area (Å²) in [6.45, 7) is 0. The standard InChI is InChI=1S/C17H10F4O3/c18-12-4-1-9(2-5-12)10-3-6-14-11(7-10)8-13(16(22)23)15(24-14)17(19,20)21/h1-8,15H,(H,22,23)/t15-/m0/s1. The summed E-state index contributed by atoms with van der Waals surface area (Å²) in [6, 6.07) is 9.90. The van der Waals surface area contributed by atoms with Crippen molar-refractivity contribution < 1.29 is 32.2 Å². The molecule has 0 saturated heterocycles. The number of rotatable bonds is 2. The van der Waals surface area contributed by atoms with E-state index >= 15 is 0 Å². The first-order valence-electron chi connectivity index (χ1n) is 6.84. The molecule has 1 atom stereocenters. The van der Waals surface area contributed by atoms with Crippen LogP contribution >= 0.6 is 0 Å². The highest BCUT2D eigenvalue weighted by atomic mass is 19.4. The molecule has 0 fully saturated rings. The summed E-state index contributed by atoms with van der Waals surface area (Å²) in [6.07, 6.45) is -6.40. The zero-order valence-corrected chi connectivity index (χ0v) is 12.0. The van der Waals surface area contributed by atoms with Gasteiger partial charge in [-0.1, -0.05) is 18.2 Å². The number of benzene rings is 2. The summed E-state index contributed by atoms with van der Waals surface area (Å²) in [5, 5.41) is 9.02. The van der Waals surface area contributed by atoms with Crippen molar-refractivity contribution >= 4 is 12.0 Å². The van der Waals surface area contributed by atoms with E-state index in [0.29, 0.717) is 11.1 Å². The molecule has 0 aromatic heterocycles. The lowest BCUT2D eigenvalue weighted by Gasteiger charge is -2.27. The molecule has 0 unspecified atom stereocenters. The predicted molar refractivity (Wildman–Crippen MR) is 77.9 cm³/mol. The molecule has 2 aromatic carbocycles. The lowest BCUT2D eigenvalue weighted by atomic mass is 9.97. The maximum atomic E-state index is 13.0. The number of aliphatic carboxylic acids is 1. The fraction of sp³-hybridized carbons (Fsp3) is 0.118. The minimum absolute atomic E-state index is 0.0619. The lowest BCUT2D eigenvalue weighted by Crippen LogP contribution is -2.40. The Morgan fingerprint density at radius 2 is 1.67 bits per heavy atom. The third kappa shape index (κ3) is 2.97. The molecule has 124 valence electrons. The Bertz CT molecular complexity index is 823. The summed E-state index contributed by atoms with van der Waals surface area (Å²) >= 11 is 0. The van der Waals surface area contributed by atoms with Crippen LogP contribution in [0.1, 0.15) is 5.56 Å². The fourth-order valence-corrected chi connectivity index (χ4v) is 2.44. The zero-order chi connectivity index (χ0) is 17.5. The van der Waals surface area contributed by atoms with Gasteiger partial charge in [0.15, 0.2) is 0 Å². The van der Waals surface area contributed by atoms with Crippen molar-refractivity contribution in [1.29, 1.82) is 0 Å². The van der Waals surface area contributed by atoms with Gasteiger partial charge < -0.3 is 9.84 Å². The fourth-order valence-electron chi connectivity index (χ4n) is 2.44. The molecule has 1 heterocycles. The molecule has 24 heavy (non-hydrogen) atoms. The lowest BCUT2D eigenvalue weighted by molar-refractivity contribution is -0.187. The van der Waals surface area contributed by atoms with E-state index in [-0.39, 0.29) is 11.3 Å². The van der Waals surface area contributed by atoms with Gasteiger partial charge in [-0.05, 0) is 41.5 Å². The number of ether oxygens (including phenoxy) is 1. The van der Waals surface area contributed by atoms with E-state index in [1.807, 2.05) is 0 Å². The molecule has 0 spiro atoms. The molecule has 2 aromatic rings. The zero-order valence-electron chi connectivity index (χ0n) is 12.0. The Balaban J connectivity index is 2.06. The second kappa shape index (κ2) is 5.67. The third-order valence-corrected chi connectivity index (χ3v) is 3.57. The topological polar surface area (TPSA) is 46.5 Å². The first-order chi connectivity index (χ1) is 11.3. The number of carbonyl (C=O) groups is 1. The number of alkyl halides is 3. The van der Waals surface area contributed by atoms with Gasteiger partial charge in [0.25, 0.3) is 0 Å². The molecule has 3 rings (SSSR count). The van der Waals surface area contributed by atoms with Crippen LogP contribution in [0.5, 0.6) is 5.75 Å². The van der Waals surface area contributed by atoms with E-state index in [9.17, 15) is 22.4 Å². The summed E-state index contributed by atoms with van der Waals surface area (Å²) in [4.78, 5) is 11.1. The number of hydrogen-bond donors (Lipinski definition) is 1. The molecular weight excluding hydrogens is 328 g/mol. The van der Waals surface area contributed by atoms with Gasteiger partial charge in [-0.3, -0.25) is 0 Å². The van der Waals surface area contributed by atoms with Crippen LogP contribution in [0, 0.1) is 5.82 Å². The van der Waals surface area contributed by atoms with Crippen LogP contribution in [0.25, 0.3) is 17.2 Å². The SMILES string of the molecule is O=C(O)C1=Cc2cc(-c3ccc(F)cc3)ccc2O[C@@H]1C(F)(F)F. The third-order valence-electron chi connectivity index (χ3n) is 3.57. The summed E-state index contributed by atoms with van der Waals surface area (Å²) in [5.74, 6) is -2.18. The van der Waals surface area contributed by atoms with Gasteiger partial charge in [0.2, 0.25) is 6.10 Å². The van der Waals surface area contributed by atoms with Crippen molar-refractivity contribution in [3.8, 4) is 16.9 Å². The number of carboxylic acid groups (broad SMARTS) is 1. The van der Waals surface area contributed by atoms with Crippen molar-refractivity contribution in [1.82, 2.24) is 0 Å². The molecular formula is C17H10F4O3. The molecule has 3 nitrogen and oxygen atoms in total. The van der Waals surface area contributed by atoms with Gasteiger partial charge >= 0.3 is 12.1 Å². The highest BCUT2D eigenvalue weighted by Crippen LogP contribution is 2.38. The van der Waals surface area contributed by atoms with Crippen molar-refractivity contribution in [3.05, 3.63) is 59.4 Å². The van der Waals surface area contributed by atoms with Crippen LogP contribution in [0.2, 0.25) is 0 Å². The Labute approximate surface area is 133 Å². The van der Waals surface area contributed by atoms with Crippen LogP contribution in [-0.2, 0) is 4.79 Å². The number of carboxylic acids is 1. The second-order valence-corrected chi connectivity index (χ2v) is 5.20. The molecule has 0 bridgehead atoms. The molecule has 0 radical (unpaired) electrons. The minimum atomic E-state index is -4.84. The Hall–Kier alpha value is -2.83.